The van der Waals surface area contributed by atoms with Gasteiger partial charge < -0.3 is 5.32 Å². The van der Waals surface area contributed by atoms with Crippen molar-refractivity contribution in [2.75, 3.05) is 5.32 Å². The Morgan fingerprint density at radius 1 is 1.35 bits per heavy atom. The second-order valence-electron chi connectivity index (χ2n) is 8.91. The van der Waals surface area contributed by atoms with E-state index in [9.17, 15) is 32.0 Å². The first-order valence-electron chi connectivity index (χ1n) is 9.87. The predicted molar refractivity (Wildman–Crippen MR) is 98.0 cm³/mol. The summed E-state index contributed by atoms with van der Waals surface area (Å²) in [6, 6.07) is 2.72. The zero-order valence-electron chi connectivity index (χ0n) is 16.9. The highest BCUT2D eigenvalue weighted by atomic mass is 19.4. The van der Waals surface area contributed by atoms with Crippen LogP contribution in [-0.2, 0) is 12.7 Å². The van der Waals surface area contributed by atoms with Gasteiger partial charge in [0.05, 0.1) is 11.4 Å². The normalized spacial score (nSPS) is 19.7. The van der Waals surface area contributed by atoms with Crippen molar-refractivity contribution in [2.45, 2.75) is 64.1 Å². The maximum Gasteiger partial charge on any atom is 0.420 e. The molecule has 2 aliphatic rings. The number of nitrogens with zero attached hydrogens (tertiary/aromatic N) is 3. The SMILES string of the molecule is Cc1cc(NC(=O)c2c(C(F)(F)F)c(C3CC3)nn2CC2(C)CC(F)(F)C2)cc[n+]1O. The highest BCUT2D eigenvalue weighted by molar-refractivity contribution is 6.04. The van der Waals surface area contributed by atoms with Crippen LogP contribution in [0.5, 0.6) is 0 Å². The van der Waals surface area contributed by atoms with Crippen LogP contribution in [-0.4, -0.2) is 26.8 Å². The summed E-state index contributed by atoms with van der Waals surface area (Å²) < 4.78 is 70.6. The lowest BCUT2D eigenvalue weighted by atomic mass is 9.67. The first kappa shape index (κ1) is 21.5. The number of nitrogens with one attached hydrogen (secondary N) is 1. The van der Waals surface area contributed by atoms with E-state index in [0.29, 0.717) is 18.5 Å². The van der Waals surface area contributed by atoms with Gasteiger partial charge in [0.25, 0.3) is 5.91 Å². The van der Waals surface area contributed by atoms with Crippen molar-refractivity contribution < 1.29 is 36.7 Å². The van der Waals surface area contributed by atoms with Gasteiger partial charge in [-0.05, 0) is 18.3 Å². The van der Waals surface area contributed by atoms with Crippen molar-refractivity contribution in [1.82, 2.24) is 9.78 Å². The van der Waals surface area contributed by atoms with Crippen molar-refractivity contribution >= 4 is 11.6 Å². The fourth-order valence-electron chi connectivity index (χ4n) is 4.29. The molecule has 0 radical (unpaired) electrons. The highest BCUT2D eigenvalue weighted by Crippen LogP contribution is 2.53. The van der Waals surface area contributed by atoms with Gasteiger partial charge in [0.2, 0.25) is 17.8 Å². The number of carbonyl (C=O) groups excluding carboxylic acids is 1. The van der Waals surface area contributed by atoms with E-state index in [-0.39, 0.29) is 17.9 Å². The maximum absolute atomic E-state index is 14.0. The Morgan fingerprint density at radius 3 is 2.52 bits per heavy atom. The van der Waals surface area contributed by atoms with E-state index in [1.807, 2.05) is 0 Å². The van der Waals surface area contributed by atoms with Crippen LogP contribution in [0.25, 0.3) is 0 Å². The van der Waals surface area contributed by atoms with Crippen molar-refractivity contribution in [3.8, 4) is 0 Å². The van der Waals surface area contributed by atoms with Crippen molar-refractivity contribution in [2.24, 2.45) is 5.41 Å². The number of rotatable bonds is 5. The summed E-state index contributed by atoms with van der Waals surface area (Å²) in [7, 11) is 0. The predicted octanol–water partition coefficient (Wildman–Crippen LogP) is 4.30. The largest absolute Gasteiger partial charge is 0.420 e. The second-order valence-corrected chi connectivity index (χ2v) is 8.91. The van der Waals surface area contributed by atoms with Crippen LogP contribution in [0.4, 0.5) is 27.6 Å². The molecule has 6 nitrogen and oxygen atoms in total. The summed E-state index contributed by atoms with van der Waals surface area (Å²) in [5.41, 5.74) is -2.41. The molecule has 4 rings (SSSR count). The number of amides is 1. The molecule has 31 heavy (non-hydrogen) atoms. The molecule has 0 aliphatic heterocycles. The van der Waals surface area contributed by atoms with E-state index in [2.05, 4.69) is 10.4 Å². The quantitative estimate of drug-likeness (QED) is 0.410. The van der Waals surface area contributed by atoms with E-state index < -0.39 is 53.4 Å². The minimum Gasteiger partial charge on any atom is -0.320 e. The standard InChI is InChI=1S/C20H21F5N4O2/c1-11-7-13(5-6-29(11)31)26-17(30)16-14(20(23,24)25)15(12-3-4-12)27-28(16)10-18(2)8-19(21,22)9-18/h5-7,12,31H,3-4,8-10H2,1-2H3/p+1. The molecule has 2 aromatic heterocycles. The molecule has 2 aromatic rings. The monoisotopic (exact) mass is 445 g/mol. The van der Waals surface area contributed by atoms with Gasteiger partial charge in [-0.1, -0.05) is 6.92 Å². The van der Waals surface area contributed by atoms with Crippen LogP contribution in [0.1, 0.15) is 66.0 Å². The van der Waals surface area contributed by atoms with Gasteiger partial charge in [0.1, 0.15) is 11.3 Å². The van der Waals surface area contributed by atoms with Gasteiger partial charge in [-0.25, -0.2) is 8.78 Å². The van der Waals surface area contributed by atoms with Gasteiger partial charge in [-0.2, -0.15) is 18.3 Å². The summed E-state index contributed by atoms with van der Waals surface area (Å²) >= 11 is 0. The summed E-state index contributed by atoms with van der Waals surface area (Å²) in [6.45, 7) is 2.88. The number of anilines is 1. The summed E-state index contributed by atoms with van der Waals surface area (Å²) in [5.74, 6) is -4.29. The summed E-state index contributed by atoms with van der Waals surface area (Å²) in [4.78, 5) is 13.0. The molecule has 0 unspecified atom stereocenters. The molecular weight excluding hydrogens is 423 g/mol. The number of pyridine rings is 1. The number of aryl methyl sites for hydroxylation is 1. The lowest BCUT2D eigenvalue weighted by molar-refractivity contribution is -0.908. The first-order chi connectivity index (χ1) is 14.3. The van der Waals surface area contributed by atoms with Crippen LogP contribution in [0, 0.1) is 12.3 Å². The maximum atomic E-state index is 14.0. The zero-order valence-corrected chi connectivity index (χ0v) is 16.9. The molecular formula is C20H22F5N4O2+. The van der Waals surface area contributed by atoms with E-state index in [1.165, 1.54) is 18.3 Å². The molecule has 11 heteroatoms. The minimum atomic E-state index is -4.83. The number of carbonyl (C=O) groups is 1. The van der Waals surface area contributed by atoms with Crippen LogP contribution in [0.15, 0.2) is 18.3 Å². The number of hydrogen-bond acceptors (Lipinski definition) is 3. The van der Waals surface area contributed by atoms with Gasteiger partial charge in [0.15, 0.2) is 0 Å². The third-order valence-corrected chi connectivity index (χ3v) is 5.72. The molecule has 168 valence electrons. The highest BCUT2D eigenvalue weighted by Gasteiger charge is 2.55. The average molecular weight is 445 g/mol. The number of hydrogen-bond donors (Lipinski definition) is 2. The fourth-order valence-corrected chi connectivity index (χ4v) is 4.29. The van der Waals surface area contributed by atoms with Crippen molar-refractivity contribution in [3.63, 3.8) is 0 Å². The lowest BCUT2D eigenvalue weighted by Crippen LogP contribution is -2.47. The molecule has 0 spiro atoms. The molecule has 0 saturated heterocycles. The van der Waals surface area contributed by atoms with Crippen molar-refractivity contribution in [1.29, 1.82) is 0 Å². The van der Waals surface area contributed by atoms with Crippen molar-refractivity contribution in [3.05, 3.63) is 41.0 Å². The Kier molecular flexibility index (Phi) is 4.78. The van der Waals surface area contributed by atoms with E-state index >= 15 is 0 Å². The van der Waals surface area contributed by atoms with Crippen LogP contribution < -0.4 is 10.0 Å². The number of aromatic nitrogens is 3. The third-order valence-electron chi connectivity index (χ3n) is 5.72. The smallest absolute Gasteiger partial charge is 0.320 e. The van der Waals surface area contributed by atoms with E-state index in [1.54, 1.807) is 13.8 Å². The average Bonchev–Trinajstić information content (AvgIpc) is 3.36. The summed E-state index contributed by atoms with van der Waals surface area (Å²) in [6.07, 6.45) is -3.48. The topological polar surface area (TPSA) is 71.0 Å². The minimum absolute atomic E-state index is 0.183. The first-order valence-corrected chi connectivity index (χ1v) is 9.87. The zero-order chi connectivity index (χ0) is 22.8. The number of halogens is 5. The Morgan fingerprint density at radius 2 is 2.00 bits per heavy atom. The molecule has 0 atom stereocenters. The Balaban J connectivity index is 1.74. The molecule has 2 aliphatic carbocycles. The summed E-state index contributed by atoms with van der Waals surface area (Å²) in [5, 5.41) is 16.1. The fraction of sp³-hybridized carbons (Fsp3) is 0.550. The van der Waals surface area contributed by atoms with Crippen LogP contribution >= 0.6 is 0 Å². The van der Waals surface area contributed by atoms with Gasteiger partial charge in [-0.3, -0.25) is 14.7 Å². The van der Waals surface area contributed by atoms with Crippen LogP contribution in [0.3, 0.4) is 0 Å². The molecule has 0 aromatic carbocycles. The third kappa shape index (κ3) is 4.22. The lowest BCUT2D eigenvalue weighted by Gasteiger charge is -2.44. The Bertz CT molecular complexity index is 1030. The van der Waals surface area contributed by atoms with E-state index in [4.69, 9.17) is 0 Å². The molecule has 1 amide bonds. The second kappa shape index (κ2) is 6.89. The molecule has 0 bridgehead atoms. The molecule has 2 saturated carbocycles. The van der Waals surface area contributed by atoms with Gasteiger partial charge in [-0.15, -0.1) is 0 Å². The Labute approximate surface area is 174 Å². The van der Waals surface area contributed by atoms with Gasteiger partial charge >= 0.3 is 6.18 Å². The van der Waals surface area contributed by atoms with E-state index in [0.717, 1.165) is 9.41 Å². The molecule has 2 fully saturated rings. The number of alkyl halides is 5. The molecule has 2 heterocycles. The van der Waals surface area contributed by atoms with Crippen LogP contribution in [0.2, 0.25) is 0 Å². The van der Waals surface area contributed by atoms with Gasteiger partial charge in [0, 0.05) is 49.1 Å². The Hall–Kier alpha value is -2.72. The molecule has 2 N–H and O–H groups in total.